The first-order valence-corrected chi connectivity index (χ1v) is 7.25. The van der Waals surface area contributed by atoms with Crippen molar-refractivity contribution in [2.24, 2.45) is 0 Å². The standard InChI is InChI=1S/C12H9ClO3.C6H6/c1-2-16-12-9(13)10(14)7-5-3-4-6-8(7)11(12)15;1-2-4-6-5-3-1/h3-6H,2H2,1H3;1-6H. The molecule has 2 aromatic rings. The fraction of sp³-hybridized carbons (Fsp3) is 0.111. The largest absolute Gasteiger partial charge is 0.488 e. The lowest BCUT2D eigenvalue weighted by molar-refractivity contribution is 0.0887. The highest BCUT2D eigenvalue weighted by Crippen LogP contribution is 2.28. The molecule has 0 aromatic heterocycles. The van der Waals surface area contributed by atoms with Gasteiger partial charge in [0.1, 0.15) is 5.03 Å². The van der Waals surface area contributed by atoms with Crippen LogP contribution in [0.2, 0.25) is 0 Å². The molecule has 0 atom stereocenters. The molecule has 0 aliphatic heterocycles. The van der Waals surface area contributed by atoms with Crippen LogP contribution in [0.15, 0.2) is 71.5 Å². The number of rotatable bonds is 2. The van der Waals surface area contributed by atoms with E-state index in [2.05, 4.69) is 0 Å². The van der Waals surface area contributed by atoms with Crippen LogP contribution in [0.5, 0.6) is 0 Å². The van der Waals surface area contributed by atoms with Crippen molar-refractivity contribution in [3.05, 3.63) is 82.6 Å². The highest BCUT2D eigenvalue weighted by Gasteiger charge is 2.32. The third-order valence-electron chi connectivity index (χ3n) is 2.98. The Labute approximate surface area is 134 Å². The monoisotopic (exact) mass is 314 g/mol. The third-order valence-corrected chi connectivity index (χ3v) is 3.32. The molecule has 0 radical (unpaired) electrons. The maximum absolute atomic E-state index is 11.9. The topological polar surface area (TPSA) is 43.4 Å². The van der Waals surface area contributed by atoms with Gasteiger partial charge in [-0.15, -0.1) is 0 Å². The summed E-state index contributed by atoms with van der Waals surface area (Å²) < 4.78 is 5.11. The summed E-state index contributed by atoms with van der Waals surface area (Å²) in [5.41, 5.74) is 0.682. The molecule has 0 bridgehead atoms. The number of halogens is 1. The molecule has 0 fully saturated rings. The first-order valence-electron chi connectivity index (χ1n) is 6.87. The summed E-state index contributed by atoms with van der Waals surface area (Å²) >= 11 is 5.82. The number of carbonyl (C=O) groups excluding carboxylic acids is 2. The summed E-state index contributed by atoms with van der Waals surface area (Å²) in [6.45, 7) is 2.03. The molecule has 3 rings (SSSR count). The smallest absolute Gasteiger partial charge is 0.230 e. The maximum Gasteiger partial charge on any atom is 0.230 e. The van der Waals surface area contributed by atoms with E-state index in [4.69, 9.17) is 16.3 Å². The van der Waals surface area contributed by atoms with Crippen molar-refractivity contribution in [1.29, 1.82) is 0 Å². The van der Waals surface area contributed by atoms with Gasteiger partial charge in [-0.2, -0.15) is 0 Å². The van der Waals surface area contributed by atoms with Crippen LogP contribution in [-0.4, -0.2) is 18.2 Å². The lowest BCUT2D eigenvalue weighted by Crippen LogP contribution is -2.21. The highest BCUT2D eigenvalue weighted by molar-refractivity contribution is 6.49. The Morgan fingerprint density at radius 3 is 1.73 bits per heavy atom. The van der Waals surface area contributed by atoms with Crippen LogP contribution in [0.4, 0.5) is 0 Å². The number of benzene rings is 2. The van der Waals surface area contributed by atoms with Gasteiger partial charge in [-0.05, 0) is 6.92 Å². The van der Waals surface area contributed by atoms with E-state index < -0.39 is 0 Å². The Bertz CT molecular complexity index is 679. The summed E-state index contributed by atoms with van der Waals surface area (Å²) in [4.78, 5) is 23.8. The van der Waals surface area contributed by atoms with Gasteiger partial charge in [-0.1, -0.05) is 72.3 Å². The minimum Gasteiger partial charge on any atom is -0.488 e. The summed E-state index contributed by atoms with van der Waals surface area (Å²) in [6.07, 6.45) is 0. The average molecular weight is 315 g/mol. The van der Waals surface area contributed by atoms with Crippen LogP contribution in [0.3, 0.4) is 0 Å². The molecule has 0 heterocycles. The van der Waals surface area contributed by atoms with E-state index in [1.54, 1.807) is 31.2 Å². The predicted octanol–water partition coefficient (Wildman–Crippen LogP) is 4.24. The minimum absolute atomic E-state index is 0.0483. The molecule has 112 valence electrons. The van der Waals surface area contributed by atoms with Crippen molar-refractivity contribution in [3.8, 4) is 0 Å². The predicted molar refractivity (Wildman–Crippen MR) is 86.1 cm³/mol. The van der Waals surface area contributed by atoms with Gasteiger partial charge in [0, 0.05) is 11.1 Å². The zero-order valence-corrected chi connectivity index (χ0v) is 12.8. The molecule has 1 aliphatic carbocycles. The lowest BCUT2D eigenvalue weighted by Gasteiger charge is -2.17. The van der Waals surface area contributed by atoms with Crippen LogP contribution >= 0.6 is 11.6 Å². The van der Waals surface area contributed by atoms with Gasteiger partial charge in [0.25, 0.3) is 0 Å². The van der Waals surface area contributed by atoms with Crippen molar-refractivity contribution in [3.63, 3.8) is 0 Å². The van der Waals surface area contributed by atoms with Crippen LogP contribution in [-0.2, 0) is 4.74 Å². The van der Waals surface area contributed by atoms with E-state index in [-0.39, 0.29) is 22.4 Å². The van der Waals surface area contributed by atoms with Gasteiger partial charge in [-0.3, -0.25) is 9.59 Å². The molecule has 22 heavy (non-hydrogen) atoms. The number of ketones is 2. The Morgan fingerprint density at radius 1 is 0.818 bits per heavy atom. The van der Waals surface area contributed by atoms with Gasteiger partial charge in [0.15, 0.2) is 5.76 Å². The van der Waals surface area contributed by atoms with Crippen molar-refractivity contribution in [1.82, 2.24) is 0 Å². The second-order valence-corrected chi connectivity index (χ2v) is 4.81. The number of Topliss-reactive ketones (excluding diaryl/α,β-unsaturated/α-hetero) is 2. The molecular weight excluding hydrogens is 300 g/mol. The summed E-state index contributed by atoms with van der Waals surface area (Å²) in [6, 6.07) is 18.6. The molecule has 0 unspecified atom stereocenters. The van der Waals surface area contributed by atoms with Gasteiger partial charge in [0.05, 0.1) is 6.61 Å². The van der Waals surface area contributed by atoms with Crippen LogP contribution < -0.4 is 0 Å². The number of hydrogen-bond donors (Lipinski definition) is 0. The summed E-state index contributed by atoms with van der Waals surface area (Å²) in [5.74, 6) is -0.741. The summed E-state index contributed by atoms with van der Waals surface area (Å²) in [7, 11) is 0. The summed E-state index contributed by atoms with van der Waals surface area (Å²) in [5, 5.41) is -0.134. The number of hydrogen-bond acceptors (Lipinski definition) is 3. The normalized spacial score (nSPS) is 13.2. The van der Waals surface area contributed by atoms with E-state index >= 15 is 0 Å². The molecule has 0 amide bonds. The Balaban J connectivity index is 0.000000246. The van der Waals surface area contributed by atoms with E-state index in [1.807, 2.05) is 36.4 Å². The van der Waals surface area contributed by atoms with E-state index in [0.717, 1.165) is 0 Å². The van der Waals surface area contributed by atoms with Gasteiger partial charge >= 0.3 is 0 Å². The molecule has 1 aliphatic rings. The third kappa shape index (κ3) is 3.43. The zero-order chi connectivity index (χ0) is 15.9. The van der Waals surface area contributed by atoms with Crippen molar-refractivity contribution in [2.75, 3.05) is 6.61 Å². The van der Waals surface area contributed by atoms with E-state index in [1.165, 1.54) is 0 Å². The number of allylic oxidation sites excluding steroid dienone is 2. The lowest BCUT2D eigenvalue weighted by atomic mass is 9.93. The highest BCUT2D eigenvalue weighted by atomic mass is 35.5. The molecule has 2 aromatic carbocycles. The SMILES string of the molecule is CCOC1=C(Cl)C(=O)c2ccccc2C1=O.c1ccccc1. The Kier molecular flexibility index (Phi) is 5.50. The number of carbonyl (C=O) groups is 2. The average Bonchev–Trinajstić information content (AvgIpc) is 2.59. The quantitative estimate of drug-likeness (QED) is 0.832. The van der Waals surface area contributed by atoms with Gasteiger partial charge < -0.3 is 4.74 Å². The number of fused-ring (bicyclic) bond motifs is 1. The molecule has 0 N–H and O–H groups in total. The van der Waals surface area contributed by atoms with Crippen molar-refractivity contribution in [2.45, 2.75) is 6.92 Å². The van der Waals surface area contributed by atoms with Crippen LogP contribution in [0, 0.1) is 0 Å². The fourth-order valence-electron chi connectivity index (χ4n) is 1.98. The molecule has 0 saturated carbocycles. The van der Waals surface area contributed by atoms with Crippen LogP contribution in [0.25, 0.3) is 0 Å². The molecular formula is C18H15ClO3. The van der Waals surface area contributed by atoms with E-state index in [9.17, 15) is 9.59 Å². The molecule has 0 spiro atoms. The Hall–Kier alpha value is -2.39. The van der Waals surface area contributed by atoms with Gasteiger partial charge in [0.2, 0.25) is 11.6 Å². The first kappa shape index (κ1) is 16.0. The fourth-order valence-corrected chi connectivity index (χ4v) is 2.22. The maximum atomic E-state index is 11.9. The molecule has 3 nitrogen and oxygen atoms in total. The van der Waals surface area contributed by atoms with Crippen LogP contribution in [0.1, 0.15) is 27.6 Å². The second kappa shape index (κ2) is 7.57. The van der Waals surface area contributed by atoms with Gasteiger partial charge in [-0.25, -0.2) is 0 Å². The molecule has 4 heteroatoms. The minimum atomic E-state index is -0.361. The number of ether oxygens (including phenoxy) is 1. The first-order chi connectivity index (χ1) is 10.7. The van der Waals surface area contributed by atoms with Crippen molar-refractivity contribution >= 4 is 23.2 Å². The van der Waals surface area contributed by atoms with E-state index in [0.29, 0.717) is 17.7 Å². The Morgan fingerprint density at radius 2 is 1.27 bits per heavy atom. The second-order valence-electron chi connectivity index (χ2n) is 4.43. The van der Waals surface area contributed by atoms with Crippen molar-refractivity contribution < 1.29 is 14.3 Å². The molecule has 0 saturated heterocycles. The zero-order valence-electron chi connectivity index (χ0n) is 12.1.